The van der Waals surface area contributed by atoms with Crippen LogP contribution in [0.4, 0.5) is 0 Å². The van der Waals surface area contributed by atoms with Crippen molar-refractivity contribution in [1.82, 2.24) is 0 Å². The van der Waals surface area contributed by atoms with E-state index in [0.717, 1.165) is 0 Å². The normalized spacial score (nSPS) is 9.83. The van der Waals surface area contributed by atoms with Crippen molar-refractivity contribution in [3.8, 4) is 0 Å². The van der Waals surface area contributed by atoms with Gasteiger partial charge in [0.15, 0.2) is 0 Å². The van der Waals surface area contributed by atoms with Crippen LogP contribution in [0, 0.1) is 36.9 Å². The standard InChI is InChI=1S/Lu.H3O4P/c;1-5(2,3)4/h;(H3,1,2,3,4). The summed E-state index contributed by atoms with van der Waals surface area (Å²) < 4.78 is 8.88. The van der Waals surface area contributed by atoms with Crippen LogP contribution in [0.2, 0.25) is 0 Å². The first-order valence-corrected chi connectivity index (χ1v) is 2.35. The molecule has 6 heavy (non-hydrogen) atoms. The van der Waals surface area contributed by atoms with Crippen molar-refractivity contribution in [3.63, 3.8) is 0 Å². The van der Waals surface area contributed by atoms with Gasteiger partial charge in [0.1, 0.15) is 0 Å². The molecule has 0 spiro atoms. The average Bonchev–Trinajstić information content (AvgIpc) is 0.722. The van der Waals surface area contributed by atoms with E-state index in [-0.39, 0.29) is 36.9 Å². The zero-order chi connectivity index (χ0) is 4.50. The Hall–Kier alpha value is 1.34. The summed E-state index contributed by atoms with van der Waals surface area (Å²) in [7, 11) is -4.64. The molecule has 0 aromatic heterocycles. The maximum absolute atomic E-state index is 8.88. The molecule has 0 aliphatic rings. The molecule has 0 saturated heterocycles. The Morgan fingerprint density at radius 2 is 1.17 bits per heavy atom. The molecule has 0 bridgehead atoms. The third-order valence-corrected chi connectivity index (χ3v) is 0. The van der Waals surface area contributed by atoms with Crippen molar-refractivity contribution in [2.75, 3.05) is 0 Å². The molecule has 0 heterocycles. The smallest absolute Gasteiger partial charge is 0.303 e. The fourth-order valence-corrected chi connectivity index (χ4v) is 0. The number of hydrogen-bond acceptors (Lipinski definition) is 1. The summed E-state index contributed by atoms with van der Waals surface area (Å²) in [5.41, 5.74) is 0. The van der Waals surface area contributed by atoms with E-state index in [0.29, 0.717) is 0 Å². The summed E-state index contributed by atoms with van der Waals surface area (Å²) >= 11 is 0. The van der Waals surface area contributed by atoms with Crippen molar-refractivity contribution >= 4 is 7.82 Å². The Bertz CT molecular complexity index is 53.7. The van der Waals surface area contributed by atoms with E-state index in [4.69, 9.17) is 19.2 Å². The maximum Gasteiger partial charge on any atom is 0.466 e. The van der Waals surface area contributed by atoms with Crippen LogP contribution in [0.5, 0.6) is 0 Å². The van der Waals surface area contributed by atoms with Gasteiger partial charge in [-0.3, -0.25) is 0 Å². The molecule has 6 heteroatoms. The molecule has 0 rings (SSSR count). The van der Waals surface area contributed by atoms with Crippen LogP contribution >= 0.6 is 7.82 Å². The van der Waals surface area contributed by atoms with E-state index in [1.54, 1.807) is 0 Å². The summed E-state index contributed by atoms with van der Waals surface area (Å²) in [4.78, 5) is 21.6. The van der Waals surface area contributed by atoms with Crippen LogP contribution in [0.3, 0.4) is 0 Å². The number of phosphoric acid groups is 1. The van der Waals surface area contributed by atoms with Crippen LogP contribution in [0.25, 0.3) is 0 Å². The van der Waals surface area contributed by atoms with Crippen molar-refractivity contribution in [1.29, 1.82) is 0 Å². The van der Waals surface area contributed by atoms with Gasteiger partial charge in [-0.1, -0.05) is 0 Å². The van der Waals surface area contributed by atoms with Gasteiger partial charge in [0, 0.05) is 36.9 Å². The summed E-state index contributed by atoms with van der Waals surface area (Å²) in [5.74, 6) is 0. The average molecular weight is 273 g/mol. The molecule has 0 aromatic carbocycles. The first-order valence-electron chi connectivity index (χ1n) is 0.783. The molecule has 1 radical (unpaired) electrons. The van der Waals surface area contributed by atoms with Crippen molar-refractivity contribution in [2.45, 2.75) is 0 Å². The van der Waals surface area contributed by atoms with Crippen molar-refractivity contribution < 1.29 is 56.1 Å². The molecule has 3 N–H and O–H groups in total. The van der Waals surface area contributed by atoms with Crippen LogP contribution in [-0.2, 0) is 4.57 Å². The van der Waals surface area contributed by atoms with Crippen molar-refractivity contribution in [3.05, 3.63) is 0 Å². The Kier molecular flexibility index (Phi) is 5.79. The van der Waals surface area contributed by atoms with Gasteiger partial charge in [-0.05, 0) is 0 Å². The first-order chi connectivity index (χ1) is 2.00. The molecule has 0 amide bonds. The minimum Gasteiger partial charge on any atom is -0.303 e. The molecular weight excluding hydrogens is 270 g/mol. The van der Waals surface area contributed by atoms with Gasteiger partial charge in [0.05, 0.1) is 0 Å². The zero-order valence-corrected chi connectivity index (χ0v) is 5.01. The minimum atomic E-state index is -4.64. The fraction of sp³-hybridized carbons (Fsp3) is 0. The molecule has 0 aromatic rings. The quantitative estimate of drug-likeness (QED) is 0.498. The topological polar surface area (TPSA) is 77.8 Å². The second-order valence-corrected chi connectivity index (χ2v) is 1.54. The molecule has 0 aliphatic carbocycles. The Balaban J connectivity index is 0. The van der Waals surface area contributed by atoms with Gasteiger partial charge < -0.3 is 14.7 Å². The minimum absolute atomic E-state index is 0. The summed E-state index contributed by atoms with van der Waals surface area (Å²) in [6.45, 7) is 0. The number of hydrogen-bond donors (Lipinski definition) is 3. The Morgan fingerprint density at radius 1 is 1.17 bits per heavy atom. The molecular formula is H3LuO4P. The molecule has 0 unspecified atom stereocenters. The third kappa shape index (κ3) is 55.8. The first kappa shape index (κ1) is 10.3. The SMILES string of the molecule is O=P(O)(O)O.[Lu]. The molecule has 47 valence electrons. The molecule has 0 fully saturated rings. The maximum atomic E-state index is 8.88. The van der Waals surface area contributed by atoms with E-state index in [1.807, 2.05) is 0 Å². The van der Waals surface area contributed by atoms with Gasteiger partial charge in [0.2, 0.25) is 0 Å². The van der Waals surface area contributed by atoms with Gasteiger partial charge in [-0.15, -0.1) is 0 Å². The van der Waals surface area contributed by atoms with E-state index in [1.165, 1.54) is 0 Å². The summed E-state index contributed by atoms with van der Waals surface area (Å²) in [6, 6.07) is 0. The second kappa shape index (κ2) is 3.36. The largest absolute Gasteiger partial charge is 0.466 e. The molecule has 0 atom stereocenters. The van der Waals surface area contributed by atoms with Crippen LogP contribution in [0.1, 0.15) is 0 Å². The van der Waals surface area contributed by atoms with Crippen LogP contribution in [-0.4, -0.2) is 14.7 Å². The van der Waals surface area contributed by atoms with E-state index in [9.17, 15) is 0 Å². The molecule has 0 aliphatic heterocycles. The van der Waals surface area contributed by atoms with Gasteiger partial charge in [0.25, 0.3) is 0 Å². The van der Waals surface area contributed by atoms with Gasteiger partial charge in [-0.2, -0.15) is 0 Å². The zero-order valence-electron chi connectivity index (χ0n) is 2.46. The fourth-order valence-electron chi connectivity index (χ4n) is 0. The second-order valence-electron chi connectivity index (χ2n) is 0.513. The predicted octanol–water partition coefficient (Wildman–Crippen LogP) is -0.929. The van der Waals surface area contributed by atoms with Gasteiger partial charge in [-0.25, -0.2) is 4.57 Å². The third-order valence-electron chi connectivity index (χ3n) is 0. The van der Waals surface area contributed by atoms with Crippen LogP contribution < -0.4 is 0 Å². The summed E-state index contributed by atoms with van der Waals surface area (Å²) in [6.07, 6.45) is 0. The molecule has 0 saturated carbocycles. The summed E-state index contributed by atoms with van der Waals surface area (Å²) in [5, 5.41) is 0. The monoisotopic (exact) mass is 273 g/mol. The van der Waals surface area contributed by atoms with E-state index < -0.39 is 7.82 Å². The van der Waals surface area contributed by atoms with E-state index >= 15 is 0 Å². The van der Waals surface area contributed by atoms with Crippen LogP contribution in [0.15, 0.2) is 0 Å². The van der Waals surface area contributed by atoms with Crippen molar-refractivity contribution in [2.24, 2.45) is 0 Å². The predicted molar refractivity (Wildman–Crippen MR) is 14.3 cm³/mol. The Morgan fingerprint density at radius 3 is 1.17 bits per heavy atom. The number of rotatable bonds is 0. The van der Waals surface area contributed by atoms with E-state index in [2.05, 4.69) is 0 Å². The molecule has 4 nitrogen and oxygen atoms in total. The Labute approximate surface area is 63.6 Å². The van der Waals surface area contributed by atoms with Gasteiger partial charge >= 0.3 is 7.82 Å².